The minimum Gasteiger partial charge on any atom is -0.298 e. The number of hydrogen-bond donors (Lipinski definition) is 0. The van der Waals surface area contributed by atoms with Gasteiger partial charge in [-0.1, -0.05) is 13.8 Å². The lowest BCUT2D eigenvalue weighted by atomic mass is 9.58. The molecule has 2 aliphatic rings. The second kappa shape index (κ2) is 3.58. The standard InChI is InChI=1S/C13H23NO/c1-9(2)11-5-13(6-11)7-12(10(3)15)14(4)8-13/h9,11-12H,5-8H2,1-4H3/t11?,12-,13?/m0/s1. The van der Waals surface area contributed by atoms with E-state index in [1.165, 1.54) is 12.8 Å². The van der Waals surface area contributed by atoms with Crippen LogP contribution in [0.5, 0.6) is 0 Å². The predicted molar refractivity (Wildman–Crippen MR) is 61.7 cm³/mol. The van der Waals surface area contributed by atoms with Gasteiger partial charge in [-0.15, -0.1) is 0 Å². The molecule has 0 aromatic rings. The van der Waals surface area contributed by atoms with Gasteiger partial charge in [-0.3, -0.25) is 9.69 Å². The van der Waals surface area contributed by atoms with Gasteiger partial charge in [0.05, 0.1) is 6.04 Å². The lowest BCUT2D eigenvalue weighted by molar-refractivity contribution is -0.120. The Morgan fingerprint density at radius 2 is 1.93 bits per heavy atom. The van der Waals surface area contributed by atoms with Crippen molar-refractivity contribution in [3.63, 3.8) is 0 Å². The molecule has 2 heteroatoms. The van der Waals surface area contributed by atoms with Crippen LogP contribution >= 0.6 is 0 Å². The Morgan fingerprint density at radius 1 is 1.33 bits per heavy atom. The Morgan fingerprint density at radius 3 is 2.33 bits per heavy atom. The van der Waals surface area contributed by atoms with Gasteiger partial charge in [-0.25, -0.2) is 0 Å². The SMILES string of the molecule is CC(=O)[C@@H]1CC2(CC(C(C)C)C2)CN1C. The van der Waals surface area contributed by atoms with Crippen LogP contribution in [0.25, 0.3) is 0 Å². The van der Waals surface area contributed by atoms with E-state index in [-0.39, 0.29) is 6.04 Å². The molecule has 2 rings (SSSR count). The van der Waals surface area contributed by atoms with Crippen molar-refractivity contribution >= 4 is 5.78 Å². The fourth-order valence-corrected chi connectivity index (χ4v) is 3.54. The van der Waals surface area contributed by atoms with Crippen LogP contribution in [0, 0.1) is 17.3 Å². The lowest BCUT2D eigenvalue weighted by Crippen LogP contribution is -2.41. The summed E-state index contributed by atoms with van der Waals surface area (Å²) < 4.78 is 0. The van der Waals surface area contributed by atoms with E-state index in [1.807, 2.05) is 0 Å². The normalized spacial score (nSPS) is 41.1. The molecule has 0 bridgehead atoms. The quantitative estimate of drug-likeness (QED) is 0.695. The molecule has 0 radical (unpaired) electrons. The van der Waals surface area contributed by atoms with E-state index in [4.69, 9.17) is 0 Å². The van der Waals surface area contributed by atoms with Crippen LogP contribution in [-0.2, 0) is 4.79 Å². The predicted octanol–water partition coefficient (Wildman–Crippen LogP) is 2.33. The minimum absolute atomic E-state index is 0.207. The number of ketones is 1. The number of Topliss-reactive ketones (excluding diaryl/α,β-unsaturated/α-hetero) is 1. The van der Waals surface area contributed by atoms with Crippen LogP contribution in [0.1, 0.15) is 40.0 Å². The highest BCUT2D eigenvalue weighted by atomic mass is 16.1. The second-order valence-corrected chi connectivity index (χ2v) is 6.16. The highest BCUT2D eigenvalue weighted by Gasteiger charge is 2.52. The molecule has 1 saturated carbocycles. The summed E-state index contributed by atoms with van der Waals surface area (Å²) >= 11 is 0. The number of carbonyl (C=O) groups excluding carboxylic acids is 1. The first kappa shape index (κ1) is 11.1. The zero-order valence-corrected chi connectivity index (χ0v) is 10.4. The van der Waals surface area contributed by atoms with Gasteiger partial charge in [0.15, 0.2) is 0 Å². The van der Waals surface area contributed by atoms with E-state index in [9.17, 15) is 4.79 Å². The second-order valence-electron chi connectivity index (χ2n) is 6.16. The van der Waals surface area contributed by atoms with E-state index in [0.29, 0.717) is 11.2 Å². The molecule has 2 fully saturated rings. The van der Waals surface area contributed by atoms with E-state index in [1.54, 1.807) is 6.92 Å². The monoisotopic (exact) mass is 209 g/mol. The van der Waals surface area contributed by atoms with E-state index in [0.717, 1.165) is 24.8 Å². The molecule has 0 aromatic carbocycles. The summed E-state index contributed by atoms with van der Waals surface area (Å²) in [4.78, 5) is 13.7. The van der Waals surface area contributed by atoms with Crippen molar-refractivity contribution < 1.29 is 4.79 Å². The van der Waals surface area contributed by atoms with Gasteiger partial charge in [0.2, 0.25) is 0 Å². The van der Waals surface area contributed by atoms with Gasteiger partial charge in [0.25, 0.3) is 0 Å². The minimum atomic E-state index is 0.207. The van der Waals surface area contributed by atoms with Crippen LogP contribution in [0.3, 0.4) is 0 Å². The van der Waals surface area contributed by atoms with Crippen LogP contribution in [0.4, 0.5) is 0 Å². The zero-order chi connectivity index (χ0) is 11.2. The Hall–Kier alpha value is -0.370. The van der Waals surface area contributed by atoms with Crippen LogP contribution in [0.2, 0.25) is 0 Å². The van der Waals surface area contributed by atoms with Gasteiger partial charge < -0.3 is 0 Å². The maximum Gasteiger partial charge on any atom is 0.146 e. The van der Waals surface area contributed by atoms with Gasteiger partial charge in [0.1, 0.15) is 5.78 Å². The molecule has 1 aliphatic heterocycles. The Balaban J connectivity index is 1.96. The van der Waals surface area contributed by atoms with E-state index >= 15 is 0 Å². The van der Waals surface area contributed by atoms with Gasteiger partial charge in [0, 0.05) is 6.54 Å². The summed E-state index contributed by atoms with van der Waals surface area (Å²) in [5, 5.41) is 0. The molecule has 1 heterocycles. The molecule has 0 unspecified atom stereocenters. The topological polar surface area (TPSA) is 20.3 Å². The smallest absolute Gasteiger partial charge is 0.146 e. The first-order valence-electron chi connectivity index (χ1n) is 6.14. The molecule has 86 valence electrons. The van der Waals surface area contributed by atoms with Gasteiger partial charge >= 0.3 is 0 Å². The summed E-state index contributed by atoms with van der Waals surface area (Å²) in [5.74, 6) is 2.07. The molecule has 1 atom stereocenters. The maximum absolute atomic E-state index is 11.5. The van der Waals surface area contributed by atoms with Crippen molar-refractivity contribution in [3.8, 4) is 0 Å². The first-order chi connectivity index (χ1) is 6.93. The van der Waals surface area contributed by atoms with Crippen molar-refractivity contribution in [1.29, 1.82) is 0 Å². The van der Waals surface area contributed by atoms with Crippen molar-refractivity contribution in [2.45, 2.75) is 46.1 Å². The third-order valence-corrected chi connectivity index (χ3v) is 4.55. The molecule has 1 aliphatic carbocycles. The number of nitrogens with zero attached hydrogens (tertiary/aromatic N) is 1. The summed E-state index contributed by atoms with van der Waals surface area (Å²) in [5.41, 5.74) is 0.500. The molecule has 0 N–H and O–H groups in total. The average Bonchev–Trinajstić information content (AvgIpc) is 2.40. The zero-order valence-electron chi connectivity index (χ0n) is 10.4. The fourth-order valence-electron chi connectivity index (χ4n) is 3.54. The van der Waals surface area contributed by atoms with Crippen LogP contribution in [-0.4, -0.2) is 30.3 Å². The highest BCUT2D eigenvalue weighted by molar-refractivity contribution is 5.81. The average molecular weight is 209 g/mol. The molecule has 0 aromatic heterocycles. The summed E-state index contributed by atoms with van der Waals surface area (Å²) in [7, 11) is 2.10. The van der Waals surface area contributed by atoms with Crippen molar-refractivity contribution in [2.75, 3.05) is 13.6 Å². The fraction of sp³-hybridized carbons (Fsp3) is 0.923. The van der Waals surface area contributed by atoms with Crippen molar-refractivity contribution in [2.24, 2.45) is 17.3 Å². The number of rotatable bonds is 2. The number of carbonyl (C=O) groups is 1. The molecule has 0 amide bonds. The molecular formula is C13H23NO. The third-order valence-electron chi connectivity index (χ3n) is 4.55. The molecule has 1 spiro atoms. The maximum atomic E-state index is 11.5. The molecule has 2 nitrogen and oxygen atoms in total. The van der Waals surface area contributed by atoms with Gasteiger partial charge in [-0.2, -0.15) is 0 Å². The number of likely N-dealkylation sites (tertiary alicyclic amines) is 1. The number of hydrogen-bond acceptors (Lipinski definition) is 2. The molecule has 15 heavy (non-hydrogen) atoms. The first-order valence-corrected chi connectivity index (χ1v) is 6.14. The molecule has 1 saturated heterocycles. The summed E-state index contributed by atoms with van der Waals surface area (Å²) in [6.45, 7) is 7.51. The molecular weight excluding hydrogens is 186 g/mol. The Labute approximate surface area is 93.0 Å². The van der Waals surface area contributed by atoms with Gasteiger partial charge in [-0.05, 0) is 50.5 Å². The highest BCUT2D eigenvalue weighted by Crippen LogP contribution is 2.55. The van der Waals surface area contributed by atoms with Crippen LogP contribution < -0.4 is 0 Å². The Kier molecular flexibility index (Phi) is 2.66. The van der Waals surface area contributed by atoms with Crippen molar-refractivity contribution in [1.82, 2.24) is 4.90 Å². The number of likely N-dealkylation sites (N-methyl/N-ethyl adjacent to an activating group) is 1. The summed E-state index contributed by atoms with van der Waals surface area (Å²) in [6.07, 6.45) is 3.81. The Bertz CT molecular complexity index is 266. The summed E-state index contributed by atoms with van der Waals surface area (Å²) in [6, 6.07) is 0.207. The van der Waals surface area contributed by atoms with Crippen LogP contribution in [0.15, 0.2) is 0 Å². The lowest BCUT2D eigenvalue weighted by Gasteiger charge is -2.47. The van der Waals surface area contributed by atoms with E-state index < -0.39 is 0 Å². The largest absolute Gasteiger partial charge is 0.298 e. The van der Waals surface area contributed by atoms with Crippen molar-refractivity contribution in [3.05, 3.63) is 0 Å². The van der Waals surface area contributed by atoms with E-state index in [2.05, 4.69) is 25.8 Å². The third kappa shape index (κ3) is 1.84.